The molecule has 0 aliphatic heterocycles. The Labute approximate surface area is 91.0 Å². The van der Waals surface area contributed by atoms with Gasteiger partial charge in [0.2, 0.25) is 5.91 Å². The zero-order valence-corrected chi connectivity index (χ0v) is 9.53. The predicted octanol–water partition coefficient (Wildman–Crippen LogP) is -0.515. The standard InChI is InChI=1S/C10H22N2O3/c1-3-8(4-5-13)7-12-10(14)9(6-11)15-2/h8-9,13H,3-7,11H2,1-2H3,(H,12,14). The molecule has 0 aromatic carbocycles. The first-order chi connectivity index (χ1) is 7.19. The molecule has 0 spiro atoms. The molecule has 0 bridgehead atoms. The molecule has 2 atom stereocenters. The van der Waals surface area contributed by atoms with Crippen LogP contribution in [0.1, 0.15) is 19.8 Å². The molecule has 0 radical (unpaired) electrons. The summed E-state index contributed by atoms with van der Waals surface area (Å²) in [6.07, 6.45) is 1.06. The molecule has 0 rings (SSSR count). The SMILES string of the molecule is CCC(CCO)CNC(=O)C(CN)OC. The minimum Gasteiger partial charge on any atom is -0.396 e. The van der Waals surface area contributed by atoms with Gasteiger partial charge in [0.1, 0.15) is 6.10 Å². The quantitative estimate of drug-likeness (QED) is 0.512. The fourth-order valence-corrected chi connectivity index (χ4v) is 1.30. The van der Waals surface area contributed by atoms with Crippen molar-refractivity contribution in [2.75, 3.05) is 26.8 Å². The third-order valence-corrected chi connectivity index (χ3v) is 2.47. The predicted molar refractivity (Wildman–Crippen MR) is 58.3 cm³/mol. The summed E-state index contributed by atoms with van der Waals surface area (Å²) < 4.78 is 4.90. The highest BCUT2D eigenvalue weighted by molar-refractivity contribution is 5.80. The Kier molecular flexibility index (Phi) is 8.27. The monoisotopic (exact) mass is 218 g/mol. The van der Waals surface area contributed by atoms with Crippen LogP contribution in [0.2, 0.25) is 0 Å². The number of hydrogen-bond donors (Lipinski definition) is 3. The number of aliphatic hydroxyl groups excluding tert-OH is 1. The van der Waals surface area contributed by atoms with E-state index in [4.69, 9.17) is 15.6 Å². The maximum atomic E-state index is 11.5. The van der Waals surface area contributed by atoms with Crippen molar-refractivity contribution in [2.24, 2.45) is 11.7 Å². The van der Waals surface area contributed by atoms with Crippen LogP contribution in [0.3, 0.4) is 0 Å². The van der Waals surface area contributed by atoms with Crippen molar-refractivity contribution in [2.45, 2.75) is 25.9 Å². The molecular weight excluding hydrogens is 196 g/mol. The molecule has 2 unspecified atom stereocenters. The van der Waals surface area contributed by atoms with E-state index in [1.807, 2.05) is 6.92 Å². The fraction of sp³-hybridized carbons (Fsp3) is 0.900. The van der Waals surface area contributed by atoms with Gasteiger partial charge in [-0.3, -0.25) is 4.79 Å². The van der Waals surface area contributed by atoms with Gasteiger partial charge in [0, 0.05) is 26.8 Å². The van der Waals surface area contributed by atoms with Crippen molar-refractivity contribution in [1.82, 2.24) is 5.32 Å². The van der Waals surface area contributed by atoms with Crippen LogP contribution in [0.5, 0.6) is 0 Å². The zero-order chi connectivity index (χ0) is 11.7. The second-order valence-corrected chi connectivity index (χ2v) is 3.49. The van der Waals surface area contributed by atoms with Crippen molar-refractivity contribution in [3.8, 4) is 0 Å². The second kappa shape index (κ2) is 8.64. The molecule has 0 aromatic rings. The molecule has 0 aromatic heterocycles. The lowest BCUT2D eigenvalue weighted by Crippen LogP contribution is -2.42. The van der Waals surface area contributed by atoms with Gasteiger partial charge in [0.15, 0.2) is 0 Å². The lowest BCUT2D eigenvalue weighted by Gasteiger charge is -2.17. The molecular formula is C10H22N2O3. The normalized spacial score (nSPS) is 14.7. The number of aliphatic hydroxyl groups is 1. The maximum Gasteiger partial charge on any atom is 0.250 e. The molecule has 0 aliphatic carbocycles. The number of nitrogens with one attached hydrogen (secondary N) is 1. The average Bonchev–Trinajstić information content (AvgIpc) is 2.25. The number of nitrogens with two attached hydrogens (primary N) is 1. The van der Waals surface area contributed by atoms with Crippen molar-refractivity contribution < 1.29 is 14.6 Å². The summed E-state index contributed by atoms with van der Waals surface area (Å²) in [4.78, 5) is 11.5. The Morgan fingerprint density at radius 1 is 1.60 bits per heavy atom. The fourth-order valence-electron chi connectivity index (χ4n) is 1.30. The van der Waals surface area contributed by atoms with E-state index in [-0.39, 0.29) is 19.1 Å². The number of carbonyl (C=O) groups excluding carboxylic acids is 1. The lowest BCUT2D eigenvalue weighted by atomic mass is 10.0. The molecule has 0 heterocycles. The van der Waals surface area contributed by atoms with Gasteiger partial charge < -0.3 is 20.9 Å². The first-order valence-electron chi connectivity index (χ1n) is 5.30. The average molecular weight is 218 g/mol. The third-order valence-electron chi connectivity index (χ3n) is 2.47. The van der Waals surface area contributed by atoms with E-state index in [1.165, 1.54) is 7.11 Å². The van der Waals surface area contributed by atoms with E-state index >= 15 is 0 Å². The highest BCUT2D eigenvalue weighted by atomic mass is 16.5. The number of amides is 1. The van der Waals surface area contributed by atoms with Crippen molar-refractivity contribution in [3.05, 3.63) is 0 Å². The highest BCUT2D eigenvalue weighted by Gasteiger charge is 2.16. The minimum absolute atomic E-state index is 0.152. The Balaban J connectivity index is 3.85. The Bertz CT molecular complexity index is 172. The van der Waals surface area contributed by atoms with E-state index in [0.717, 1.165) is 6.42 Å². The van der Waals surface area contributed by atoms with Gasteiger partial charge in [0.05, 0.1) is 0 Å². The summed E-state index contributed by atoms with van der Waals surface area (Å²) in [6.45, 7) is 2.93. The summed E-state index contributed by atoms with van der Waals surface area (Å²) in [5.41, 5.74) is 5.36. The minimum atomic E-state index is -0.573. The van der Waals surface area contributed by atoms with Crippen LogP contribution in [-0.4, -0.2) is 43.9 Å². The number of hydrogen-bond acceptors (Lipinski definition) is 4. The van der Waals surface area contributed by atoms with Crippen LogP contribution in [0.15, 0.2) is 0 Å². The van der Waals surface area contributed by atoms with E-state index < -0.39 is 6.10 Å². The Hall–Kier alpha value is -0.650. The molecule has 0 saturated carbocycles. The summed E-state index contributed by atoms with van der Waals surface area (Å²) in [7, 11) is 1.46. The van der Waals surface area contributed by atoms with Crippen molar-refractivity contribution in [1.29, 1.82) is 0 Å². The van der Waals surface area contributed by atoms with Crippen LogP contribution in [0.4, 0.5) is 0 Å². The zero-order valence-electron chi connectivity index (χ0n) is 9.53. The van der Waals surface area contributed by atoms with E-state index in [9.17, 15) is 4.79 Å². The van der Waals surface area contributed by atoms with Gasteiger partial charge in [-0.15, -0.1) is 0 Å². The largest absolute Gasteiger partial charge is 0.396 e. The molecule has 0 fully saturated rings. The molecule has 0 aliphatic rings. The summed E-state index contributed by atoms with van der Waals surface area (Å²) in [6, 6.07) is 0. The van der Waals surface area contributed by atoms with Crippen LogP contribution < -0.4 is 11.1 Å². The molecule has 5 nitrogen and oxygen atoms in total. The summed E-state index contributed by atoms with van der Waals surface area (Å²) in [5.74, 6) is 0.130. The van der Waals surface area contributed by atoms with Crippen molar-refractivity contribution >= 4 is 5.91 Å². The van der Waals surface area contributed by atoms with E-state index in [0.29, 0.717) is 18.9 Å². The first-order valence-corrected chi connectivity index (χ1v) is 5.30. The molecule has 5 heteroatoms. The molecule has 15 heavy (non-hydrogen) atoms. The van der Waals surface area contributed by atoms with E-state index in [2.05, 4.69) is 5.32 Å². The van der Waals surface area contributed by atoms with Gasteiger partial charge >= 0.3 is 0 Å². The maximum absolute atomic E-state index is 11.5. The number of rotatable bonds is 8. The van der Waals surface area contributed by atoms with Gasteiger partial charge in [0.25, 0.3) is 0 Å². The number of carbonyl (C=O) groups is 1. The Morgan fingerprint density at radius 2 is 2.27 bits per heavy atom. The van der Waals surface area contributed by atoms with Crippen LogP contribution in [-0.2, 0) is 9.53 Å². The topological polar surface area (TPSA) is 84.6 Å². The second-order valence-electron chi connectivity index (χ2n) is 3.49. The lowest BCUT2D eigenvalue weighted by molar-refractivity contribution is -0.130. The summed E-state index contributed by atoms with van der Waals surface area (Å²) in [5, 5.41) is 11.5. The molecule has 4 N–H and O–H groups in total. The number of methoxy groups -OCH3 is 1. The molecule has 1 amide bonds. The van der Waals surface area contributed by atoms with Crippen molar-refractivity contribution in [3.63, 3.8) is 0 Å². The van der Waals surface area contributed by atoms with Crippen LogP contribution in [0, 0.1) is 5.92 Å². The summed E-state index contributed by atoms with van der Waals surface area (Å²) >= 11 is 0. The van der Waals surface area contributed by atoms with Gasteiger partial charge in [-0.1, -0.05) is 13.3 Å². The highest BCUT2D eigenvalue weighted by Crippen LogP contribution is 2.05. The Morgan fingerprint density at radius 3 is 2.67 bits per heavy atom. The van der Waals surface area contributed by atoms with Crippen LogP contribution in [0.25, 0.3) is 0 Å². The van der Waals surface area contributed by atoms with Gasteiger partial charge in [-0.2, -0.15) is 0 Å². The smallest absolute Gasteiger partial charge is 0.250 e. The van der Waals surface area contributed by atoms with E-state index in [1.54, 1.807) is 0 Å². The van der Waals surface area contributed by atoms with Crippen LogP contribution >= 0.6 is 0 Å². The molecule has 0 saturated heterocycles. The number of ether oxygens (including phenoxy) is 1. The first kappa shape index (κ1) is 14.3. The van der Waals surface area contributed by atoms with Gasteiger partial charge in [-0.25, -0.2) is 0 Å². The molecule has 90 valence electrons. The van der Waals surface area contributed by atoms with Gasteiger partial charge in [-0.05, 0) is 12.3 Å². The third kappa shape index (κ3) is 5.71.